The first-order chi connectivity index (χ1) is 18.2. The third kappa shape index (κ3) is 11.2. The van der Waals surface area contributed by atoms with Gasteiger partial charge >= 0.3 is 24.3 Å². The number of piperidine rings is 1. The van der Waals surface area contributed by atoms with Crippen LogP contribution in [0.2, 0.25) is 0 Å². The molecule has 16 heteroatoms. The van der Waals surface area contributed by atoms with Gasteiger partial charge in [0.05, 0.1) is 12.2 Å². The molecule has 0 unspecified atom stereocenters. The molecule has 2 aromatic heterocycles. The average Bonchev–Trinajstić information content (AvgIpc) is 3.10. The Kier molecular flexibility index (Phi) is 11.6. The number of hydrogen-bond donors (Lipinski definition) is 2. The van der Waals surface area contributed by atoms with Crippen LogP contribution in [0.25, 0.3) is 0 Å². The standard InChI is InChI=1S/C19H28N6.2C2HF3O2/c1-16-6-5-7-17(20-16)14-24-11-8-18-21-22-19(25(18)13-12-24)15-23-9-3-2-4-10-23;2*3-2(4,5)1(6)7/h5-7H,2-4,8-15H2,1H3;2*(H,6,7). The maximum Gasteiger partial charge on any atom is 0.490 e. The number of aliphatic carboxylic acids is 2. The lowest BCUT2D eigenvalue weighted by atomic mass is 10.1. The summed E-state index contributed by atoms with van der Waals surface area (Å²) in [5.41, 5.74) is 2.25. The lowest BCUT2D eigenvalue weighted by molar-refractivity contribution is -0.193. The van der Waals surface area contributed by atoms with Crippen LogP contribution in [0.4, 0.5) is 26.3 Å². The van der Waals surface area contributed by atoms with E-state index in [0.29, 0.717) is 0 Å². The number of fused-ring (bicyclic) bond motifs is 1. The zero-order chi connectivity index (χ0) is 29.2. The molecule has 0 radical (unpaired) electrons. The van der Waals surface area contributed by atoms with Crippen molar-refractivity contribution in [2.45, 2.75) is 64.6 Å². The molecule has 0 amide bonds. The number of alkyl halides is 6. The number of hydrogen-bond acceptors (Lipinski definition) is 7. The van der Waals surface area contributed by atoms with Gasteiger partial charge in [-0.15, -0.1) is 10.2 Å². The summed E-state index contributed by atoms with van der Waals surface area (Å²) in [5.74, 6) is -3.22. The summed E-state index contributed by atoms with van der Waals surface area (Å²) < 4.78 is 65.8. The van der Waals surface area contributed by atoms with Crippen LogP contribution < -0.4 is 0 Å². The Balaban J connectivity index is 0.000000317. The van der Waals surface area contributed by atoms with E-state index in [2.05, 4.69) is 54.7 Å². The highest BCUT2D eigenvalue weighted by atomic mass is 19.4. The summed E-state index contributed by atoms with van der Waals surface area (Å²) in [6.07, 6.45) is -5.19. The van der Waals surface area contributed by atoms with Gasteiger partial charge in [0.15, 0.2) is 0 Å². The average molecular weight is 569 g/mol. The molecule has 1 saturated heterocycles. The van der Waals surface area contributed by atoms with Crippen molar-refractivity contribution in [2.24, 2.45) is 0 Å². The first-order valence-electron chi connectivity index (χ1n) is 12.0. The van der Waals surface area contributed by atoms with Crippen molar-refractivity contribution in [1.29, 1.82) is 0 Å². The van der Waals surface area contributed by atoms with Crippen molar-refractivity contribution in [2.75, 3.05) is 26.2 Å². The second kappa shape index (κ2) is 14.2. The second-order valence-electron chi connectivity index (χ2n) is 8.92. The van der Waals surface area contributed by atoms with Gasteiger partial charge in [0.1, 0.15) is 11.6 Å². The zero-order valence-electron chi connectivity index (χ0n) is 21.2. The van der Waals surface area contributed by atoms with E-state index in [1.165, 1.54) is 32.4 Å². The highest BCUT2D eigenvalue weighted by Crippen LogP contribution is 2.16. The molecule has 218 valence electrons. The van der Waals surface area contributed by atoms with Gasteiger partial charge in [-0.2, -0.15) is 26.3 Å². The van der Waals surface area contributed by atoms with Gasteiger partial charge in [-0.3, -0.25) is 14.8 Å². The summed E-state index contributed by atoms with van der Waals surface area (Å²) in [7, 11) is 0. The van der Waals surface area contributed by atoms with Crippen molar-refractivity contribution in [3.63, 3.8) is 0 Å². The van der Waals surface area contributed by atoms with Gasteiger partial charge in [0, 0.05) is 38.3 Å². The molecule has 2 aliphatic heterocycles. The SMILES string of the molecule is Cc1cccc(CN2CCc3nnc(CN4CCCCC4)n3CC2)n1.O=C(O)C(F)(F)F.O=C(O)C(F)(F)F. The lowest BCUT2D eigenvalue weighted by Crippen LogP contribution is -2.31. The predicted molar refractivity (Wildman–Crippen MR) is 124 cm³/mol. The molecule has 2 aliphatic rings. The molecule has 0 aliphatic carbocycles. The van der Waals surface area contributed by atoms with Crippen LogP contribution in [0.3, 0.4) is 0 Å². The fraction of sp³-hybridized carbons (Fsp3) is 0.609. The number of nitrogens with zero attached hydrogens (tertiary/aromatic N) is 6. The number of pyridine rings is 1. The zero-order valence-corrected chi connectivity index (χ0v) is 21.2. The van der Waals surface area contributed by atoms with E-state index < -0.39 is 24.3 Å². The first kappa shape index (κ1) is 31.9. The normalized spacial score (nSPS) is 16.6. The van der Waals surface area contributed by atoms with Crippen molar-refractivity contribution < 1.29 is 46.1 Å². The van der Waals surface area contributed by atoms with E-state index in [4.69, 9.17) is 19.8 Å². The largest absolute Gasteiger partial charge is 0.490 e. The molecule has 0 saturated carbocycles. The molecule has 0 atom stereocenters. The molecule has 4 rings (SSSR count). The summed E-state index contributed by atoms with van der Waals surface area (Å²) in [4.78, 5) is 27.5. The van der Waals surface area contributed by atoms with Crippen LogP contribution in [-0.2, 0) is 35.6 Å². The predicted octanol–water partition coefficient (Wildman–Crippen LogP) is 3.29. The number of aryl methyl sites for hydroxylation is 1. The van der Waals surface area contributed by atoms with Gasteiger partial charge in [-0.05, 0) is 45.0 Å². The maximum absolute atomic E-state index is 10.6. The summed E-state index contributed by atoms with van der Waals surface area (Å²) >= 11 is 0. The second-order valence-corrected chi connectivity index (χ2v) is 8.92. The van der Waals surface area contributed by atoms with Gasteiger partial charge in [-0.25, -0.2) is 9.59 Å². The summed E-state index contributed by atoms with van der Waals surface area (Å²) in [6, 6.07) is 6.28. The Morgan fingerprint density at radius 1 is 0.821 bits per heavy atom. The Morgan fingerprint density at radius 2 is 1.38 bits per heavy atom. The van der Waals surface area contributed by atoms with Gasteiger partial charge in [0.25, 0.3) is 0 Å². The molecule has 39 heavy (non-hydrogen) atoms. The monoisotopic (exact) mass is 568 g/mol. The number of halogens is 6. The van der Waals surface area contributed by atoms with Gasteiger partial charge in [-0.1, -0.05) is 12.5 Å². The minimum atomic E-state index is -5.08. The van der Waals surface area contributed by atoms with E-state index in [1.54, 1.807) is 0 Å². The van der Waals surface area contributed by atoms with Gasteiger partial charge < -0.3 is 14.8 Å². The molecule has 2 aromatic rings. The molecule has 4 heterocycles. The third-order valence-electron chi connectivity index (χ3n) is 5.83. The van der Waals surface area contributed by atoms with E-state index >= 15 is 0 Å². The number of carboxylic acids is 2. The van der Waals surface area contributed by atoms with E-state index in [-0.39, 0.29) is 0 Å². The Bertz CT molecular complexity index is 1060. The molecule has 2 N–H and O–H groups in total. The molecule has 1 fully saturated rings. The quantitative estimate of drug-likeness (QED) is 0.535. The van der Waals surface area contributed by atoms with Crippen molar-refractivity contribution >= 4 is 11.9 Å². The van der Waals surface area contributed by atoms with E-state index in [1.807, 2.05) is 0 Å². The highest BCUT2D eigenvalue weighted by Gasteiger charge is 2.38. The van der Waals surface area contributed by atoms with Crippen LogP contribution >= 0.6 is 0 Å². The third-order valence-corrected chi connectivity index (χ3v) is 5.83. The van der Waals surface area contributed by atoms with Crippen LogP contribution in [0.15, 0.2) is 18.2 Å². The molecular weight excluding hydrogens is 538 g/mol. The Labute approximate surface area is 220 Å². The molecule has 0 aromatic carbocycles. The summed E-state index contributed by atoms with van der Waals surface area (Å²) in [5, 5.41) is 23.2. The molecule has 10 nitrogen and oxygen atoms in total. The number of carboxylic acid groups (broad SMARTS) is 2. The van der Waals surface area contributed by atoms with E-state index in [9.17, 15) is 26.3 Å². The molecule has 0 spiro atoms. The fourth-order valence-electron chi connectivity index (χ4n) is 3.94. The lowest BCUT2D eigenvalue weighted by Gasteiger charge is -2.26. The van der Waals surface area contributed by atoms with Crippen molar-refractivity contribution in [3.8, 4) is 0 Å². The first-order valence-corrected chi connectivity index (χ1v) is 12.0. The van der Waals surface area contributed by atoms with Crippen LogP contribution in [0.1, 0.15) is 42.3 Å². The van der Waals surface area contributed by atoms with Crippen LogP contribution in [0, 0.1) is 6.92 Å². The highest BCUT2D eigenvalue weighted by molar-refractivity contribution is 5.73. The number of carbonyl (C=O) groups is 2. The molecule has 0 bridgehead atoms. The number of likely N-dealkylation sites (tertiary alicyclic amines) is 1. The van der Waals surface area contributed by atoms with E-state index in [0.717, 1.165) is 62.2 Å². The fourth-order valence-corrected chi connectivity index (χ4v) is 3.94. The van der Waals surface area contributed by atoms with Crippen LogP contribution in [-0.4, -0.2) is 90.2 Å². The number of aromatic nitrogens is 4. The van der Waals surface area contributed by atoms with Crippen molar-refractivity contribution in [3.05, 3.63) is 41.2 Å². The topological polar surface area (TPSA) is 125 Å². The maximum atomic E-state index is 10.6. The molecular formula is C23H30F6N6O4. The Hall–Kier alpha value is -3.27. The van der Waals surface area contributed by atoms with Crippen molar-refractivity contribution in [1.82, 2.24) is 29.5 Å². The summed E-state index contributed by atoms with van der Waals surface area (Å²) in [6.45, 7) is 9.37. The van der Waals surface area contributed by atoms with Crippen LogP contribution in [0.5, 0.6) is 0 Å². The van der Waals surface area contributed by atoms with Gasteiger partial charge in [0.2, 0.25) is 0 Å². The Morgan fingerprint density at radius 3 is 1.92 bits per heavy atom. The smallest absolute Gasteiger partial charge is 0.475 e. The number of rotatable bonds is 4. The minimum absolute atomic E-state index is 0.918. The minimum Gasteiger partial charge on any atom is -0.475 e.